The Morgan fingerprint density at radius 1 is 1.56 bits per heavy atom. The fourth-order valence-electron chi connectivity index (χ4n) is 3.54. The summed E-state index contributed by atoms with van der Waals surface area (Å²) in [7, 11) is 0. The highest BCUT2D eigenvalue weighted by Crippen LogP contribution is 2.54. The molecule has 3 nitrogen and oxygen atoms in total. The summed E-state index contributed by atoms with van der Waals surface area (Å²) in [5.74, 6) is 0.475. The molecule has 2 aliphatic rings. The van der Waals surface area contributed by atoms with Gasteiger partial charge in [-0.25, -0.2) is 0 Å². The molecule has 0 aromatic heterocycles. The minimum Gasteiger partial charge on any atom is -0.392 e. The number of hydrogen-bond acceptors (Lipinski definition) is 3. The zero-order chi connectivity index (χ0) is 13.6. The third-order valence-corrected chi connectivity index (χ3v) is 5.19. The number of fused-ring (bicyclic) bond motifs is 1. The van der Waals surface area contributed by atoms with Crippen molar-refractivity contribution in [3.8, 4) is 0 Å². The second-order valence-corrected chi connectivity index (χ2v) is 6.21. The SMILES string of the molecule is C=C(CO)C1(O)CC2(C)C(=CC1O)CCCC2C. The van der Waals surface area contributed by atoms with E-state index in [0.717, 1.165) is 19.3 Å². The quantitative estimate of drug-likeness (QED) is 0.657. The molecule has 1 fully saturated rings. The number of hydrogen-bond donors (Lipinski definition) is 3. The van der Waals surface area contributed by atoms with Crippen molar-refractivity contribution < 1.29 is 15.3 Å². The minimum absolute atomic E-state index is 0.0929. The zero-order valence-electron chi connectivity index (χ0n) is 11.3. The van der Waals surface area contributed by atoms with Crippen LogP contribution < -0.4 is 0 Å². The van der Waals surface area contributed by atoms with Gasteiger partial charge in [-0.1, -0.05) is 32.1 Å². The first-order valence-corrected chi connectivity index (χ1v) is 6.75. The van der Waals surface area contributed by atoms with E-state index in [-0.39, 0.29) is 12.0 Å². The van der Waals surface area contributed by atoms with E-state index in [1.54, 1.807) is 6.08 Å². The Morgan fingerprint density at radius 2 is 2.22 bits per heavy atom. The van der Waals surface area contributed by atoms with Crippen molar-refractivity contribution >= 4 is 0 Å². The van der Waals surface area contributed by atoms with E-state index >= 15 is 0 Å². The Hall–Kier alpha value is -0.640. The molecular weight excluding hydrogens is 228 g/mol. The molecule has 0 amide bonds. The van der Waals surface area contributed by atoms with Gasteiger partial charge >= 0.3 is 0 Å². The Kier molecular flexibility index (Phi) is 3.43. The molecule has 3 heteroatoms. The third kappa shape index (κ3) is 1.85. The molecule has 0 bridgehead atoms. The van der Waals surface area contributed by atoms with Gasteiger partial charge in [-0.05, 0) is 42.6 Å². The predicted octanol–water partition coefficient (Wildman–Crippen LogP) is 1.78. The molecule has 0 aliphatic heterocycles. The van der Waals surface area contributed by atoms with Crippen LogP contribution in [-0.4, -0.2) is 33.6 Å². The Labute approximate surface area is 109 Å². The second kappa shape index (κ2) is 4.48. The maximum Gasteiger partial charge on any atom is 0.118 e. The van der Waals surface area contributed by atoms with E-state index in [1.807, 2.05) is 0 Å². The Balaban J connectivity index is 2.41. The Bertz CT molecular complexity index is 387. The number of allylic oxidation sites excluding steroid dienone is 1. The topological polar surface area (TPSA) is 60.7 Å². The van der Waals surface area contributed by atoms with Gasteiger partial charge in [0.15, 0.2) is 0 Å². The van der Waals surface area contributed by atoms with Gasteiger partial charge < -0.3 is 15.3 Å². The van der Waals surface area contributed by atoms with Crippen LogP contribution in [0.3, 0.4) is 0 Å². The van der Waals surface area contributed by atoms with Crippen molar-refractivity contribution in [2.24, 2.45) is 11.3 Å². The van der Waals surface area contributed by atoms with Crippen LogP contribution in [0.2, 0.25) is 0 Å². The summed E-state index contributed by atoms with van der Waals surface area (Å²) in [5, 5.41) is 30.1. The molecule has 4 atom stereocenters. The standard InChI is InChI=1S/C15H24O3/c1-10-5-4-6-12-7-13(17)15(18,11(2)8-16)9-14(10,12)3/h7,10,13,16-18H,2,4-6,8-9H2,1,3H3. The van der Waals surface area contributed by atoms with Gasteiger partial charge in [0.05, 0.1) is 6.61 Å². The average Bonchev–Trinajstić information content (AvgIpc) is 2.33. The van der Waals surface area contributed by atoms with Crippen LogP contribution in [0.4, 0.5) is 0 Å². The molecule has 0 saturated heterocycles. The van der Waals surface area contributed by atoms with Crippen LogP contribution in [0, 0.1) is 11.3 Å². The highest BCUT2D eigenvalue weighted by Gasteiger charge is 2.51. The summed E-state index contributed by atoms with van der Waals surface area (Å²) < 4.78 is 0. The van der Waals surface area contributed by atoms with Gasteiger partial charge in [0.25, 0.3) is 0 Å². The predicted molar refractivity (Wildman–Crippen MR) is 71.0 cm³/mol. The summed E-state index contributed by atoms with van der Waals surface area (Å²) in [6.07, 6.45) is 4.58. The monoisotopic (exact) mass is 252 g/mol. The molecule has 102 valence electrons. The van der Waals surface area contributed by atoms with E-state index in [9.17, 15) is 15.3 Å². The van der Waals surface area contributed by atoms with Gasteiger partial charge in [-0.2, -0.15) is 0 Å². The highest BCUT2D eigenvalue weighted by molar-refractivity contribution is 5.33. The molecule has 2 aliphatic carbocycles. The van der Waals surface area contributed by atoms with E-state index in [0.29, 0.717) is 17.9 Å². The lowest BCUT2D eigenvalue weighted by Gasteiger charge is -2.51. The molecular formula is C15H24O3. The molecule has 0 radical (unpaired) electrons. The fourth-order valence-corrected chi connectivity index (χ4v) is 3.54. The first-order chi connectivity index (χ1) is 8.34. The molecule has 18 heavy (non-hydrogen) atoms. The molecule has 3 N–H and O–H groups in total. The number of aliphatic hydroxyl groups is 3. The minimum atomic E-state index is -1.39. The Morgan fingerprint density at radius 3 is 2.83 bits per heavy atom. The molecule has 4 unspecified atom stereocenters. The van der Waals surface area contributed by atoms with Gasteiger partial charge in [-0.15, -0.1) is 0 Å². The highest BCUT2D eigenvalue weighted by atomic mass is 16.3. The first kappa shape index (κ1) is 13.8. The van der Waals surface area contributed by atoms with Crippen LogP contribution in [0.1, 0.15) is 39.5 Å². The van der Waals surface area contributed by atoms with Crippen molar-refractivity contribution in [1.29, 1.82) is 0 Å². The summed E-state index contributed by atoms with van der Waals surface area (Å²) in [5.41, 5.74) is 0.0802. The van der Waals surface area contributed by atoms with Gasteiger partial charge in [0.2, 0.25) is 0 Å². The zero-order valence-corrected chi connectivity index (χ0v) is 11.3. The smallest absolute Gasteiger partial charge is 0.118 e. The summed E-state index contributed by atoms with van der Waals surface area (Å²) in [6, 6.07) is 0. The maximum atomic E-state index is 10.7. The van der Waals surface area contributed by atoms with Crippen LogP contribution in [0.15, 0.2) is 23.8 Å². The molecule has 2 rings (SSSR count). The van der Waals surface area contributed by atoms with Gasteiger partial charge in [0.1, 0.15) is 11.7 Å². The summed E-state index contributed by atoms with van der Waals surface area (Å²) in [4.78, 5) is 0. The van der Waals surface area contributed by atoms with Crippen molar-refractivity contribution in [3.63, 3.8) is 0 Å². The normalized spacial score (nSPS) is 44.2. The van der Waals surface area contributed by atoms with Crippen LogP contribution in [0.5, 0.6) is 0 Å². The molecule has 1 saturated carbocycles. The van der Waals surface area contributed by atoms with E-state index in [2.05, 4.69) is 20.4 Å². The summed E-state index contributed by atoms with van der Waals surface area (Å²) in [6.45, 7) is 7.79. The van der Waals surface area contributed by atoms with Gasteiger partial charge in [-0.3, -0.25) is 0 Å². The first-order valence-electron chi connectivity index (χ1n) is 6.75. The molecule has 0 aromatic rings. The largest absolute Gasteiger partial charge is 0.392 e. The van der Waals surface area contributed by atoms with Gasteiger partial charge in [0, 0.05) is 0 Å². The van der Waals surface area contributed by atoms with Crippen LogP contribution in [0.25, 0.3) is 0 Å². The number of rotatable bonds is 2. The fraction of sp³-hybridized carbons (Fsp3) is 0.733. The van der Waals surface area contributed by atoms with E-state index in [4.69, 9.17) is 0 Å². The van der Waals surface area contributed by atoms with Crippen molar-refractivity contribution in [2.75, 3.05) is 6.61 Å². The number of aliphatic hydroxyl groups excluding tert-OH is 2. The summed E-state index contributed by atoms with van der Waals surface area (Å²) >= 11 is 0. The third-order valence-electron chi connectivity index (χ3n) is 5.19. The molecule has 0 heterocycles. The molecule has 0 aromatic carbocycles. The maximum absolute atomic E-state index is 10.7. The lowest BCUT2D eigenvalue weighted by molar-refractivity contribution is -0.0764. The van der Waals surface area contributed by atoms with E-state index < -0.39 is 11.7 Å². The van der Waals surface area contributed by atoms with Crippen molar-refractivity contribution in [3.05, 3.63) is 23.8 Å². The second-order valence-electron chi connectivity index (χ2n) is 6.21. The van der Waals surface area contributed by atoms with Crippen LogP contribution >= 0.6 is 0 Å². The molecule has 0 spiro atoms. The van der Waals surface area contributed by atoms with Crippen LogP contribution in [-0.2, 0) is 0 Å². The average molecular weight is 252 g/mol. The van der Waals surface area contributed by atoms with Crippen molar-refractivity contribution in [1.82, 2.24) is 0 Å². The lowest BCUT2D eigenvalue weighted by Crippen LogP contribution is -2.53. The van der Waals surface area contributed by atoms with E-state index in [1.165, 1.54) is 5.57 Å². The lowest BCUT2D eigenvalue weighted by atomic mass is 9.56. The van der Waals surface area contributed by atoms with Crippen molar-refractivity contribution in [2.45, 2.75) is 51.2 Å².